The van der Waals surface area contributed by atoms with Gasteiger partial charge in [-0.05, 0) is 31.2 Å². The van der Waals surface area contributed by atoms with Crippen LogP contribution in [-0.2, 0) is 4.74 Å². The van der Waals surface area contributed by atoms with Gasteiger partial charge in [0.15, 0.2) is 0 Å². The van der Waals surface area contributed by atoms with Gasteiger partial charge in [0.25, 0.3) is 5.91 Å². The van der Waals surface area contributed by atoms with Crippen LogP contribution >= 0.6 is 0 Å². The number of carbonyl (C=O) groups is 1. The lowest BCUT2D eigenvalue weighted by Crippen LogP contribution is -2.41. The average molecular weight is 270 g/mol. The van der Waals surface area contributed by atoms with Crippen molar-refractivity contribution in [2.75, 3.05) is 6.61 Å². The molecule has 0 spiro atoms. The Bertz CT molecular complexity index is 645. The Hall–Kier alpha value is -1.81. The fourth-order valence-corrected chi connectivity index (χ4v) is 3.16. The normalized spacial score (nSPS) is 26.0. The van der Waals surface area contributed by atoms with E-state index in [0.29, 0.717) is 5.92 Å². The fourth-order valence-electron chi connectivity index (χ4n) is 3.16. The van der Waals surface area contributed by atoms with E-state index in [-0.39, 0.29) is 18.1 Å². The first kappa shape index (κ1) is 12.0. The summed E-state index contributed by atoms with van der Waals surface area (Å²) in [6, 6.07) is 8.05. The van der Waals surface area contributed by atoms with Gasteiger partial charge >= 0.3 is 0 Å². The summed E-state index contributed by atoms with van der Waals surface area (Å²) in [5.74, 6) is 0.661. The molecule has 1 aliphatic carbocycles. The Balaban J connectivity index is 1.55. The van der Waals surface area contributed by atoms with E-state index in [1.54, 1.807) is 6.20 Å². The van der Waals surface area contributed by atoms with Gasteiger partial charge in [-0.25, -0.2) is 0 Å². The number of hydrogen-bond acceptors (Lipinski definition) is 2. The minimum Gasteiger partial charge on any atom is -0.376 e. The maximum atomic E-state index is 12.5. The van der Waals surface area contributed by atoms with Crippen molar-refractivity contribution in [3.05, 3.63) is 36.0 Å². The summed E-state index contributed by atoms with van der Waals surface area (Å²) in [5, 5.41) is 4.14. The van der Waals surface area contributed by atoms with Crippen LogP contribution in [0.2, 0.25) is 0 Å². The molecule has 2 unspecified atom stereocenters. The number of amides is 1. The lowest BCUT2D eigenvalue weighted by atomic mass is 10.1. The first-order chi connectivity index (χ1) is 9.83. The number of benzene rings is 1. The second-order valence-corrected chi connectivity index (χ2v) is 5.79. The van der Waals surface area contributed by atoms with Gasteiger partial charge in [0.05, 0.1) is 17.7 Å². The van der Waals surface area contributed by atoms with Crippen molar-refractivity contribution in [3.63, 3.8) is 0 Å². The van der Waals surface area contributed by atoms with Gasteiger partial charge in [-0.15, -0.1) is 0 Å². The van der Waals surface area contributed by atoms with Crippen LogP contribution in [0.15, 0.2) is 30.5 Å². The van der Waals surface area contributed by atoms with E-state index >= 15 is 0 Å². The quantitative estimate of drug-likeness (QED) is 0.900. The smallest absolute Gasteiger partial charge is 0.253 e. The van der Waals surface area contributed by atoms with Crippen LogP contribution in [0.4, 0.5) is 0 Å². The zero-order chi connectivity index (χ0) is 13.5. The summed E-state index contributed by atoms with van der Waals surface area (Å²) in [6.07, 6.45) is 5.43. The zero-order valence-electron chi connectivity index (χ0n) is 11.3. The Kier molecular flexibility index (Phi) is 2.77. The van der Waals surface area contributed by atoms with Crippen LogP contribution < -0.4 is 5.32 Å². The highest BCUT2D eigenvalue weighted by molar-refractivity contribution is 6.06. The summed E-state index contributed by atoms with van der Waals surface area (Å²) in [5.41, 5.74) is 1.72. The first-order valence-corrected chi connectivity index (χ1v) is 7.31. The Morgan fingerprint density at radius 2 is 2.10 bits per heavy atom. The molecule has 4 rings (SSSR count). The van der Waals surface area contributed by atoms with Crippen molar-refractivity contribution < 1.29 is 9.53 Å². The molecule has 1 saturated carbocycles. The van der Waals surface area contributed by atoms with E-state index < -0.39 is 0 Å². The third kappa shape index (κ3) is 2.00. The van der Waals surface area contributed by atoms with Gasteiger partial charge in [-0.1, -0.05) is 18.2 Å². The van der Waals surface area contributed by atoms with Crippen LogP contribution in [0, 0.1) is 5.92 Å². The molecule has 2 N–H and O–H groups in total. The number of aromatic nitrogens is 1. The molecule has 1 aliphatic heterocycles. The van der Waals surface area contributed by atoms with E-state index in [4.69, 9.17) is 4.74 Å². The summed E-state index contributed by atoms with van der Waals surface area (Å²) in [7, 11) is 0. The molecule has 2 aromatic rings. The monoisotopic (exact) mass is 270 g/mol. The van der Waals surface area contributed by atoms with Crippen molar-refractivity contribution in [2.24, 2.45) is 5.92 Å². The summed E-state index contributed by atoms with van der Waals surface area (Å²) in [6.45, 7) is 0.764. The molecule has 0 radical (unpaired) electrons. The minimum atomic E-state index is 0.00333. The first-order valence-electron chi connectivity index (χ1n) is 7.31. The number of aromatic amines is 1. The van der Waals surface area contributed by atoms with Gasteiger partial charge in [-0.2, -0.15) is 0 Å². The zero-order valence-corrected chi connectivity index (χ0v) is 11.3. The number of nitrogens with one attached hydrogen (secondary N) is 2. The predicted molar refractivity (Wildman–Crippen MR) is 76.6 cm³/mol. The highest BCUT2D eigenvalue weighted by Crippen LogP contribution is 2.38. The second-order valence-electron chi connectivity index (χ2n) is 5.79. The van der Waals surface area contributed by atoms with Crippen LogP contribution in [0.3, 0.4) is 0 Å². The standard InChI is InChI=1S/C16H18N2O2/c19-16(12-9-17-13-4-2-1-3-11(12)13)18-14-7-8-20-15(14)10-5-6-10/h1-4,9-10,14-15,17H,5-8H2,(H,18,19). The van der Waals surface area contributed by atoms with Gasteiger partial charge in [-0.3, -0.25) is 4.79 Å². The minimum absolute atomic E-state index is 0.00333. The lowest BCUT2D eigenvalue weighted by Gasteiger charge is -2.19. The van der Waals surface area contributed by atoms with E-state index in [2.05, 4.69) is 10.3 Å². The molecule has 2 aliphatic rings. The van der Waals surface area contributed by atoms with Gasteiger partial charge in [0.1, 0.15) is 0 Å². The molecule has 1 amide bonds. The predicted octanol–water partition coefficient (Wildman–Crippen LogP) is 2.47. The van der Waals surface area contributed by atoms with E-state index in [1.165, 1.54) is 12.8 Å². The van der Waals surface area contributed by atoms with Crippen LogP contribution in [0.1, 0.15) is 29.6 Å². The van der Waals surface area contributed by atoms with E-state index in [1.807, 2.05) is 24.3 Å². The SMILES string of the molecule is O=C(NC1CCOC1C1CC1)c1c[nH]c2ccccc12. The highest BCUT2D eigenvalue weighted by atomic mass is 16.5. The van der Waals surface area contributed by atoms with Gasteiger partial charge in [0.2, 0.25) is 0 Å². The Morgan fingerprint density at radius 1 is 1.25 bits per heavy atom. The number of para-hydroxylation sites is 1. The summed E-state index contributed by atoms with van der Waals surface area (Å²) >= 11 is 0. The maximum absolute atomic E-state index is 12.5. The lowest BCUT2D eigenvalue weighted by molar-refractivity contribution is 0.0730. The number of hydrogen-bond donors (Lipinski definition) is 2. The largest absolute Gasteiger partial charge is 0.376 e. The second kappa shape index (κ2) is 4.63. The summed E-state index contributed by atoms with van der Waals surface area (Å²) in [4.78, 5) is 15.6. The molecule has 4 heteroatoms. The van der Waals surface area contributed by atoms with Gasteiger partial charge in [0, 0.05) is 23.7 Å². The average Bonchev–Trinajstić information content (AvgIpc) is 3.05. The molecule has 1 aromatic heterocycles. The summed E-state index contributed by atoms with van der Waals surface area (Å²) < 4.78 is 5.77. The number of rotatable bonds is 3. The Morgan fingerprint density at radius 3 is 2.95 bits per heavy atom. The van der Waals surface area contributed by atoms with Crippen LogP contribution in [0.25, 0.3) is 10.9 Å². The molecule has 104 valence electrons. The maximum Gasteiger partial charge on any atom is 0.253 e. The van der Waals surface area contributed by atoms with E-state index in [9.17, 15) is 4.79 Å². The molecular formula is C16H18N2O2. The van der Waals surface area contributed by atoms with Crippen molar-refractivity contribution in [1.82, 2.24) is 10.3 Å². The van der Waals surface area contributed by atoms with Crippen molar-refractivity contribution in [3.8, 4) is 0 Å². The number of H-pyrrole nitrogens is 1. The molecule has 4 nitrogen and oxygen atoms in total. The Labute approximate surface area is 117 Å². The molecule has 0 bridgehead atoms. The number of ether oxygens (including phenoxy) is 1. The molecule has 2 heterocycles. The van der Waals surface area contributed by atoms with Crippen molar-refractivity contribution >= 4 is 16.8 Å². The highest BCUT2D eigenvalue weighted by Gasteiger charge is 2.41. The third-order valence-corrected chi connectivity index (χ3v) is 4.37. The molecule has 2 atom stereocenters. The number of carbonyl (C=O) groups excluding carboxylic acids is 1. The molecule has 1 aromatic carbocycles. The topological polar surface area (TPSA) is 54.1 Å². The van der Waals surface area contributed by atoms with E-state index in [0.717, 1.165) is 29.5 Å². The van der Waals surface area contributed by atoms with Crippen molar-refractivity contribution in [2.45, 2.75) is 31.4 Å². The van der Waals surface area contributed by atoms with Crippen LogP contribution in [-0.4, -0.2) is 29.6 Å². The van der Waals surface area contributed by atoms with Crippen LogP contribution in [0.5, 0.6) is 0 Å². The van der Waals surface area contributed by atoms with Crippen molar-refractivity contribution in [1.29, 1.82) is 0 Å². The molecule has 2 fully saturated rings. The number of fused-ring (bicyclic) bond motifs is 1. The fraction of sp³-hybridized carbons (Fsp3) is 0.438. The molecule has 20 heavy (non-hydrogen) atoms. The molecular weight excluding hydrogens is 252 g/mol. The van der Waals surface area contributed by atoms with Gasteiger partial charge < -0.3 is 15.0 Å². The third-order valence-electron chi connectivity index (χ3n) is 4.37. The molecule has 1 saturated heterocycles.